The van der Waals surface area contributed by atoms with E-state index < -0.39 is 0 Å². The van der Waals surface area contributed by atoms with Crippen molar-refractivity contribution in [2.24, 2.45) is 5.73 Å². The molecule has 18 heavy (non-hydrogen) atoms. The molecule has 1 aromatic heterocycles. The molecule has 4 heteroatoms. The summed E-state index contributed by atoms with van der Waals surface area (Å²) in [4.78, 5) is 4.69. The highest BCUT2D eigenvalue weighted by atomic mass is 16.5. The van der Waals surface area contributed by atoms with E-state index in [2.05, 4.69) is 30.5 Å². The Morgan fingerprint density at radius 2 is 2.06 bits per heavy atom. The molecule has 0 bridgehead atoms. The first kappa shape index (κ1) is 13.1. The number of imidazole rings is 1. The van der Waals surface area contributed by atoms with Crippen LogP contribution >= 0.6 is 0 Å². The van der Waals surface area contributed by atoms with Gasteiger partial charge in [0, 0.05) is 19.0 Å². The number of rotatable bonds is 6. The smallest absolute Gasteiger partial charge is 0.112 e. The fourth-order valence-electron chi connectivity index (χ4n) is 2.11. The molecular formula is C14H21N3O. The van der Waals surface area contributed by atoms with Gasteiger partial charge in [-0.2, -0.15) is 0 Å². The number of nitrogens with zero attached hydrogens (tertiary/aromatic N) is 2. The molecule has 0 saturated carbocycles. The molecule has 0 aliphatic rings. The molecular weight excluding hydrogens is 226 g/mol. The SMILES string of the molecule is CC(C)c1nc2ccccc2n1CCOCCN. The fourth-order valence-corrected chi connectivity index (χ4v) is 2.11. The minimum Gasteiger partial charge on any atom is -0.378 e. The van der Waals surface area contributed by atoms with Crippen molar-refractivity contribution in [3.8, 4) is 0 Å². The van der Waals surface area contributed by atoms with Crippen LogP contribution in [0.1, 0.15) is 25.6 Å². The van der Waals surface area contributed by atoms with Gasteiger partial charge in [-0.3, -0.25) is 0 Å². The van der Waals surface area contributed by atoms with Crippen molar-refractivity contribution in [2.75, 3.05) is 19.8 Å². The minimum absolute atomic E-state index is 0.409. The Morgan fingerprint density at radius 1 is 1.28 bits per heavy atom. The molecule has 0 spiro atoms. The molecule has 4 nitrogen and oxygen atoms in total. The van der Waals surface area contributed by atoms with Crippen LogP contribution < -0.4 is 5.73 Å². The van der Waals surface area contributed by atoms with Gasteiger partial charge in [0.15, 0.2) is 0 Å². The number of ether oxygens (including phenoxy) is 1. The number of nitrogens with two attached hydrogens (primary N) is 1. The zero-order chi connectivity index (χ0) is 13.0. The molecule has 0 atom stereocenters. The van der Waals surface area contributed by atoms with E-state index in [9.17, 15) is 0 Å². The number of hydrogen-bond donors (Lipinski definition) is 1. The lowest BCUT2D eigenvalue weighted by atomic mass is 10.2. The maximum Gasteiger partial charge on any atom is 0.112 e. The summed E-state index contributed by atoms with van der Waals surface area (Å²) < 4.78 is 7.71. The third-order valence-corrected chi connectivity index (χ3v) is 2.92. The average molecular weight is 247 g/mol. The molecule has 0 amide bonds. The van der Waals surface area contributed by atoms with Crippen LogP contribution in [0.25, 0.3) is 11.0 Å². The van der Waals surface area contributed by atoms with E-state index in [4.69, 9.17) is 15.5 Å². The Labute approximate surface area is 108 Å². The lowest BCUT2D eigenvalue weighted by Crippen LogP contribution is -2.14. The van der Waals surface area contributed by atoms with E-state index in [0.29, 0.717) is 25.7 Å². The van der Waals surface area contributed by atoms with Crippen LogP contribution in [0.5, 0.6) is 0 Å². The van der Waals surface area contributed by atoms with Gasteiger partial charge in [-0.15, -0.1) is 0 Å². The summed E-state index contributed by atoms with van der Waals surface area (Å²) >= 11 is 0. The first-order chi connectivity index (χ1) is 8.74. The molecule has 0 fully saturated rings. The predicted octanol–water partition coefficient (Wildman–Crippen LogP) is 2.13. The zero-order valence-corrected chi connectivity index (χ0v) is 11.1. The van der Waals surface area contributed by atoms with Gasteiger partial charge in [-0.25, -0.2) is 4.98 Å². The molecule has 1 aromatic carbocycles. The standard InChI is InChI=1S/C14H21N3O/c1-11(2)14-16-12-5-3-4-6-13(12)17(14)8-10-18-9-7-15/h3-6,11H,7-10,15H2,1-2H3. The van der Waals surface area contributed by atoms with Gasteiger partial charge < -0.3 is 15.0 Å². The molecule has 2 rings (SSSR count). The van der Waals surface area contributed by atoms with Gasteiger partial charge in [0.1, 0.15) is 5.82 Å². The minimum atomic E-state index is 0.409. The van der Waals surface area contributed by atoms with Gasteiger partial charge in [0.2, 0.25) is 0 Å². The van der Waals surface area contributed by atoms with Crippen LogP contribution in [0.15, 0.2) is 24.3 Å². The van der Waals surface area contributed by atoms with E-state index in [-0.39, 0.29) is 0 Å². The maximum atomic E-state index is 5.47. The van der Waals surface area contributed by atoms with Crippen molar-refractivity contribution < 1.29 is 4.74 Å². The molecule has 0 unspecified atom stereocenters. The number of fused-ring (bicyclic) bond motifs is 1. The number of para-hydroxylation sites is 2. The van der Waals surface area contributed by atoms with Crippen LogP contribution in [0, 0.1) is 0 Å². The topological polar surface area (TPSA) is 53.1 Å². The average Bonchev–Trinajstić information content (AvgIpc) is 2.74. The van der Waals surface area contributed by atoms with E-state index in [1.807, 2.05) is 12.1 Å². The highest BCUT2D eigenvalue weighted by molar-refractivity contribution is 5.76. The van der Waals surface area contributed by atoms with E-state index in [0.717, 1.165) is 17.9 Å². The Kier molecular flexibility index (Phi) is 4.33. The molecule has 0 radical (unpaired) electrons. The first-order valence-corrected chi connectivity index (χ1v) is 6.47. The van der Waals surface area contributed by atoms with Gasteiger partial charge in [0.25, 0.3) is 0 Å². The molecule has 1 heterocycles. The van der Waals surface area contributed by atoms with Gasteiger partial charge >= 0.3 is 0 Å². The lowest BCUT2D eigenvalue weighted by Gasteiger charge is -2.11. The summed E-state index contributed by atoms with van der Waals surface area (Å²) in [6.07, 6.45) is 0. The van der Waals surface area contributed by atoms with Gasteiger partial charge in [-0.1, -0.05) is 26.0 Å². The van der Waals surface area contributed by atoms with Crippen LogP contribution in [0.4, 0.5) is 0 Å². The van der Waals surface area contributed by atoms with Crippen molar-refractivity contribution in [2.45, 2.75) is 26.3 Å². The van der Waals surface area contributed by atoms with Crippen LogP contribution in [0.3, 0.4) is 0 Å². The van der Waals surface area contributed by atoms with Crippen LogP contribution in [-0.4, -0.2) is 29.3 Å². The van der Waals surface area contributed by atoms with Gasteiger partial charge in [-0.05, 0) is 12.1 Å². The molecule has 98 valence electrons. The summed E-state index contributed by atoms with van der Waals surface area (Å²) in [5, 5.41) is 0. The van der Waals surface area contributed by atoms with Gasteiger partial charge in [0.05, 0.1) is 24.2 Å². The lowest BCUT2D eigenvalue weighted by molar-refractivity contribution is 0.133. The van der Waals surface area contributed by atoms with E-state index >= 15 is 0 Å². The molecule has 0 aliphatic heterocycles. The fraction of sp³-hybridized carbons (Fsp3) is 0.500. The Hall–Kier alpha value is -1.39. The second kappa shape index (κ2) is 5.98. The monoisotopic (exact) mass is 247 g/mol. The summed E-state index contributed by atoms with van der Waals surface area (Å²) in [7, 11) is 0. The van der Waals surface area contributed by atoms with Crippen molar-refractivity contribution >= 4 is 11.0 Å². The molecule has 0 aliphatic carbocycles. The molecule has 2 aromatic rings. The van der Waals surface area contributed by atoms with Crippen LogP contribution in [0.2, 0.25) is 0 Å². The van der Waals surface area contributed by atoms with Crippen LogP contribution in [-0.2, 0) is 11.3 Å². The normalized spacial score (nSPS) is 11.6. The van der Waals surface area contributed by atoms with Crippen molar-refractivity contribution in [3.63, 3.8) is 0 Å². The second-order valence-corrected chi connectivity index (χ2v) is 4.67. The third-order valence-electron chi connectivity index (χ3n) is 2.92. The van der Waals surface area contributed by atoms with Crippen molar-refractivity contribution in [1.82, 2.24) is 9.55 Å². The molecule has 2 N–H and O–H groups in total. The van der Waals surface area contributed by atoms with E-state index in [1.165, 1.54) is 5.52 Å². The zero-order valence-electron chi connectivity index (χ0n) is 11.1. The Morgan fingerprint density at radius 3 is 2.78 bits per heavy atom. The summed E-state index contributed by atoms with van der Waals surface area (Å²) in [6.45, 7) is 7.02. The first-order valence-electron chi connectivity index (χ1n) is 6.47. The molecule has 0 saturated heterocycles. The van der Waals surface area contributed by atoms with E-state index in [1.54, 1.807) is 0 Å². The summed E-state index contributed by atoms with van der Waals surface area (Å²) in [5.41, 5.74) is 7.65. The summed E-state index contributed by atoms with van der Waals surface area (Å²) in [6, 6.07) is 8.23. The maximum absolute atomic E-state index is 5.47. The van der Waals surface area contributed by atoms with Crippen molar-refractivity contribution in [3.05, 3.63) is 30.1 Å². The number of hydrogen-bond acceptors (Lipinski definition) is 3. The predicted molar refractivity (Wildman–Crippen MR) is 73.7 cm³/mol. The quantitative estimate of drug-likeness (QED) is 0.796. The Bertz CT molecular complexity index is 505. The third kappa shape index (κ3) is 2.71. The number of benzene rings is 1. The number of aromatic nitrogens is 2. The Balaban J connectivity index is 2.24. The summed E-state index contributed by atoms with van der Waals surface area (Å²) in [5.74, 6) is 1.53. The largest absolute Gasteiger partial charge is 0.378 e. The van der Waals surface area contributed by atoms with Crippen molar-refractivity contribution in [1.29, 1.82) is 0 Å². The second-order valence-electron chi connectivity index (χ2n) is 4.67. The highest BCUT2D eigenvalue weighted by Gasteiger charge is 2.12. The highest BCUT2D eigenvalue weighted by Crippen LogP contribution is 2.21.